The van der Waals surface area contributed by atoms with Gasteiger partial charge in [-0.1, -0.05) is 12.1 Å². The molecule has 1 aromatic carbocycles. The zero-order valence-corrected chi connectivity index (χ0v) is 12.0. The molecule has 0 unspecified atom stereocenters. The van der Waals surface area contributed by atoms with Crippen molar-refractivity contribution >= 4 is 46.3 Å². The summed E-state index contributed by atoms with van der Waals surface area (Å²) in [4.78, 5) is 12.6. The van der Waals surface area contributed by atoms with E-state index in [1.165, 1.54) is 12.1 Å². The highest BCUT2D eigenvalue weighted by atomic mass is 32.1. The molecule has 0 spiro atoms. The van der Waals surface area contributed by atoms with Gasteiger partial charge in [0, 0.05) is 22.7 Å². The fourth-order valence-electron chi connectivity index (χ4n) is 1.44. The molecule has 0 saturated heterocycles. The first-order valence-corrected chi connectivity index (χ1v) is 7.05. The van der Waals surface area contributed by atoms with Crippen molar-refractivity contribution in [2.75, 3.05) is 5.32 Å². The van der Waals surface area contributed by atoms with Crippen LogP contribution in [0.1, 0.15) is 4.88 Å². The van der Waals surface area contributed by atoms with E-state index in [9.17, 15) is 9.90 Å². The average molecular weight is 304 g/mol. The van der Waals surface area contributed by atoms with Crippen LogP contribution in [0.25, 0.3) is 6.08 Å². The molecule has 20 heavy (non-hydrogen) atoms. The van der Waals surface area contributed by atoms with Crippen LogP contribution in [-0.4, -0.2) is 16.1 Å². The summed E-state index contributed by atoms with van der Waals surface area (Å²) in [6.07, 6.45) is 3.14. The van der Waals surface area contributed by atoms with Gasteiger partial charge in [-0.25, -0.2) is 0 Å². The molecule has 1 aromatic heterocycles. The molecule has 102 valence electrons. The molecule has 1 amide bonds. The fourth-order valence-corrected chi connectivity index (χ4v) is 2.28. The number of phenolic OH excluding ortho intramolecular Hbond substituents is 1. The largest absolute Gasteiger partial charge is 0.508 e. The number of anilines is 1. The van der Waals surface area contributed by atoms with E-state index in [-0.39, 0.29) is 16.8 Å². The van der Waals surface area contributed by atoms with E-state index in [2.05, 4.69) is 10.6 Å². The third kappa shape index (κ3) is 4.49. The van der Waals surface area contributed by atoms with Crippen LogP contribution in [0.3, 0.4) is 0 Å². The lowest BCUT2D eigenvalue weighted by atomic mass is 10.3. The smallest absolute Gasteiger partial charge is 0.250 e. The summed E-state index contributed by atoms with van der Waals surface area (Å²) in [6.45, 7) is 0. The number of amides is 1. The average Bonchev–Trinajstić information content (AvgIpc) is 2.89. The quantitative estimate of drug-likeness (QED) is 0.602. The molecule has 4 nitrogen and oxygen atoms in total. The zero-order chi connectivity index (χ0) is 14.4. The van der Waals surface area contributed by atoms with Crippen LogP contribution in [0.2, 0.25) is 0 Å². The van der Waals surface area contributed by atoms with E-state index >= 15 is 0 Å². The second-order valence-corrected chi connectivity index (χ2v) is 5.23. The normalized spacial score (nSPS) is 10.4. The van der Waals surface area contributed by atoms with Gasteiger partial charge in [0.1, 0.15) is 5.75 Å². The van der Waals surface area contributed by atoms with Gasteiger partial charge in [-0.2, -0.15) is 0 Å². The number of rotatable bonds is 3. The highest BCUT2D eigenvalue weighted by Crippen LogP contribution is 2.15. The van der Waals surface area contributed by atoms with Gasteiger partial charge >= 0.3 is 0 Å². The van der Waals surface area contributed by atoms with Crippen molar-refractivity contribution in [3.05, 3.63) is 52.7 Å². The van der Waals surface area contributed by atoms with Gasteiger partial charge in [-0.3, -0.25) is 10.1 Å². The third-order valence-electron chi connectivity index (χ3n) is 2.28. The minimum Gasteiger partial charge on any atom is -0.508 e. The molecule has 2 aromatic rings. The maximum absolute atomic E-state index is 11.6. The van der Waals surface area contributed by atoms with Crippen LogP contribution in [0.15, 0.2) is 47.9 Å². The first-order valence-electron chi connectivity index (χ1n) is 5.76. The molecule has 1 heterocycles. The van der Waals surface area contributed by atoms with Gasteiger partial charge in [0.15, 0.2) is 5.11 Å². The van der Waals surface area contributed by atoms with E-state index in [1.54, 1.807) is 35.6 Å². The Bertz CT molecular complexity index is 636. The minimum absolute atomic E-state index is 0.127. The second-order valence-electron chi connectivity index (χ2n) is 3.84. The summed E-state index contributed by atoms with van der Waals surface area (Å²) >= 11 is 6.56. The summed E-state index contributed by atoms with van der Waals surface area (Å²) in [5.74, 6) is -0.183. The van der Waals surface area contributed by atoms with Crippen molar-refractivity contribution in [2.24, 2.45) is 0 Å². The number of phenols is 1. The van der Waals surface area contributed by atoms with Crippen molar-refractivity contribution in [1.82, 2.24) is 5.32 Å². The van der Waals surface area contributed by atoms with E-state index in [4.69, 9.17) is 12.2 Å². The Morgan fingerprint density at radius 1 is 1.30 bits per heavy atom. The summed E-state index contributed by atoms with van der Waals surface area (Å²) in [5, 5.41) is 16.8. The third-order valence-corrected chi connectivity index (χ3v) is 3.32. The van der Waals surface area contributed by atoms with Gasteiger partial charge in [0.2, 0.25) is 5.91 Å². The first-order chi connectivity index (χ1) is 9.63. The highest BCUT2D eigenvalue weighted by Gasteiger charge is 2.02. The van der Waals surface area contributed by atoms with Crippen molar-refractivity contribution in [3.8, 4) is 5.75 Å². The molecule has 0 aliphatic rings. The lowest BCUT2D eigenvalue weighted by Gasteiger charge is -2.08. The number of carbonyl (C=O) groups is 1. The van der Waals surface area contributed by atoms with Crippen molar-refractivity contribution in [2.45, 2.75) is 0 Å². The van der Waals surface area contributed by atoms with Gasteiger partial charge in [0.05, 0.1) is 0 Å². The Hall–Kier alpha value is -2.18. The van der Waals surface area contributed by atoms with E-state index < -0.39 is 0 Å². The maximum atomic E-state index is 11.6. The van der Waals surface area contributed by atoms with Gasteiger partial charge in [-0.15, -0.1) is 11.3 Å². The molecule has 6 heteroatoms. The van der Waals surface area contributed by atoms with E-state index in [0.29, 0.717) is 5.69 Å². The van der Waals surface area contributed by atoms with E-state index in [0.717, 1.165) is 4.88 Å². The number of thiophene rings is 1. The highest BCUT2D eigenvalue weighted by molar-refractivity contribution is 7.80. The van der Waals surface area contributed by atoms with Gasteiger partial charge < -0.3 is 10.4 Å². The lowest BCUT2D eigenvalue weighted by molar-refractivity contribution is -0.115. The summed E-state index contributed by atoms with van der Waals surface area (Å²) < 4.78 is 0. The van der Waals surface area contributed by atoms with Crippen LogP contribution >= 0.6 is 23.6 Å². The monoisotopic (exact) mass is 304 g/mol. The number of aromatic hydroxyl groups is 1. The number of hydrogen-bond acceptors (Lipinski definition) is 4. The van der Waals surface area contributed by atoms with Crippen molar-refractivity contribution in [3.63, 3.8) is 0 Å². The van der Waals surface area contributed by atoms with Crippen LogP contribution in [0, 0.1) is 0 Å². The molecular formula is C14H12N2O2S2. The number of thiocarbonyl (C=S) groups is 1. The van der Waals surface area contributed by atoms with Crippen molar-refractivity contribution in [1.29, 1.82) is 0 Å². The molecule has 2 rings (SSSR count). The van der Waals surface area contributed by atoms with Gasteiger partial charge in [-0.05, 0) is 41.9 Å². The zero-order valence-electron chi connectivity index (χ0n) is 10.4. The Balaban J connectivity index is 1.86. The Morgan fingerprint density at radius 3 is 2.85 bits per heavy atom. The molecule has 0 saturated carbocycles. The molecule has 0 aliphatic carbocycles. The molecule has 0 aliphatic heterocycles. The standard InChI is InChI=1S/C14H12N2O2S2/c17-11-4-1-3-10(9-11)15-14(19)16-13(18)7-6-12-5-2-8-20-12/h1-9,17H,(H2,15,16,18,19)/b7-6+. The first kappa shape index (κ1) is 14.2. The number of nitrogens with one attached hydrogen (secondary N) is 2. The molecule has 0 fully saturated rings. The SMILES string of the molecule is O=C(/C=C/c1cccs1)NC(=S)Nc1cccc(O)c1. The molecule has 0 bridgehead atoms. The van der Waals surface area contributed by atoms with Crippen LogP contribution < -0.4 is 10.6 Å². The maximum Gasteiger partial charge on any atom is 0.250 e. The lowest BCUT2D eigenvalue weighted by Crippen LogP contribution is -2.32. The van der Waals surface area contributed by atoms with E-state index in [1.807, 2.05) is 17.5 Å². The number of carbonyl (C=O) groups excluding carboxylic acids is 1. The van der Waals surface area contributed by atoms with Crippen LogP contribution in [-0.2, 0) is 4.79 Å². The topological polar surface area (TPSA) is 61.4 Å². The number of hydrogen-bond donors (Lipinski definition) is 3. The Morgan fingerprint density at radius 2 is 2.15 bits per heavy atom. The molecule has 3 N–H and O–H groups in total. The predicted octanol–water partition coefficient (Wildman–Crippen LogP) is 2.98. The Kier molecular flexibility index (Phi) is 4.86. The fraction of sp³-hybridized carbons (Fsp3) is 0. The predicted molar refractivity (Wildman–Crippen MR) is 85.8 cm³/mol. The molecule has 0 radical (unpaired) electrons. The van der Waals surface area contributed by atoms with Crippen LogP contribution in [0.4, 0.5) is 5.69 Å². The summed E-state index contributed by atoms with van der Waals surface area (Å²) in [6, 6.07) is 10.3. The summed E-state index contributed by atoms with van der Waals surface area (Å²) in [5.41, 5.74) is 0.609. The van der Waals surface area contributed by atoms with Crippen molar-refractivity contribution < 1.29 is 9.90 Å². The van der Waals surface area contributed by atoms with Crippen LogP contribution in [0.5, 0.6) is 5.75 Å². The number of benzene rings is 1. The van der Waals surface area contributed by atoms with Gasteiger partial charge in [0.25, 0.3) is 0 Å². The molecule has 0 atom stereocenters. The Labute approximate surface area is 125 Å². The summed E-state index contributed by atoms with van der Waals surface area (Å²) in [7, 11) is 0. The molecular weight excluding hydrogens is 292 g/mol. The second kappa shape index (κ2) is 6.83. The minimum atomic E-state index is -0.309.